The SMILES string of the molecule is O[C@@H]1CO[C@H]2[C@@H]1OC[C@H]2Oc1nc2nc(OC3CCc4cc(-c5cccnc5)cc(F)c43)c(Cl)cc2[nH]1. The van der Waals surface area contributed by atoms with E-state index in [1.54, 1.807) is 18.5 Å². The summed E-state index contributed by atoms with van der Waals surface area (Å²) in [5.74, 6) is -0.157. The Hall–Kier alpha value is -3.31. The smallest absolute Gasteiger partial charge is 0.296 e. The number of hydrogen-bond acceptors (Lipinski definition) is 8. The van der Waals surface area contributed by atoms with E-state index in [9.17, 15) is 5.11 Å². The van der Waals surface area contributed by atoms with Gasteiger partial charge in [0.15, 0.2) is 11.8 Å². The van der Waals surface area contributed by atoms with E-state index in [1.807, 2.05) is 18.2 Å². The second-order valence-corrected chi connectivity index (χ2v) is 9.83. The number of imidazole rings is 1. The Morgan fingerprint density at radius 2 is 1.97 bits per heavy atom. The highest BCUT2D eigenvalue weighted by Gasteiger charge is 2.48. The van der Waals surface area contributed by atoms with Gasteiger partial charge in [-0.25, -0.2) is 4.39 Å². The van der Waals surface area contributed by atoms with Crippen molar-refractivity contribution in [3.05, 3.63) is 64.7 Å². The molecule has 7 rings (SSSR count). The molecule has 1 aliphatic carbocycles. The lowest BCUT2D eigenvalue weighted by molar-refractivity contribution is 0.00706. The number of halogens is 2. The van der Waals surface area contributed by atoms with E-state index < -0.39 is 24.4 Å². The third-order valence-electron chi connectivity index (χ3n) is 7.08. The molecule has 1 aromatic carbocycles. The highest BCUT2D eigenvalue weighted by Crippen LogP contribution is 2.40. The Morgan fingerprint density at radius 1 is 1.08 bits per heavy atom. The van der Waals surface area contributed by atoms with Crippen molar-refractivity contribution in [2.24, 2.45) is 0 Å². The average molecular weight is 525 g/mol. The molecule has 4 aromatic rings. The van der Waals surface area contributed by atoms with E-state index in [4.69, 9.17) is 30.5 Å². The fourth-order valence-electron chi connectivity index (χ4n) is 5.33. The molecule has 0 radical (unpaired) electrons. The van der Waals surface area contributed by atoms with Crippen LogP contribution in [0.25, 0.3) is 22.3 Å². The van der Waals surface area contributed by atoms with Crippen LogP contribution in [0.4, 0.5) is 4.39 Å². The van der Waals surface area contributed by atoms with Gasteiger partial charge in [0.2, 0.25) is 5.88 Å². The summed E-state index contributed by atoms with van der Waals surface area (Å²) < 4.78 is 38.5. The number of rotatable bonds is 5. The van der Waals surface area contributed by atoms with Crippen LogP contribution in [0.5, 0.6) is 11.9 Å². The van der Waals surface area contributed by atoms with E-state index in [1.165, 1.54) is 6.07 Å². The zero-order chi connectivity index (χ0) is 25.1. The number of hydrogen-bond donors (Lipinski definition) is 2. The van der Waals surface area contributed by atoms with Gasteiger partial charge in [0.25, 0.3) is 6.01 Å². The first-order chi connectivity index (χ1) is 18.0. The third-order valence-corrected chi connectivity index (χ3v) is 7.35. The summed E-state index contributed by atoms with van der Waals surface area (Å²) in [5.41, 5.74) is 3.97. The topological polar surface area (TPSA) is 112 Å². The van der Waals surface area contributed by atoms with Gasteiger partial charge in [0, 0.05) is 23.5 Å². The van der Waals surface area contributed by atoms with Crippen LogP contribution in [-0.4, -0.2) is 62.7 Å². The molecule has 11 heteroatoms. The number of aryl methyl sites for hydroxylation is 1. The predicted molar refractivity (Wildman–Crippen MR) is 130 cm³/mol. The molecule has 5 atom stereocenters. The Kier molecular flexibility index (Phi) is 5.51. The minimum absolute atomic E-state index is 0.173. The molecular formula is C26H22ClFN4O5. The average Bonchev–Trinajstić information content (AvgIpc) is 3.66. The molecule has 9 nitrogen and oxygen atoms in total. The fraction of sp³-hybridized carbons (Fsp3) is 0.346. The van der Waals surface area contributed by atoms with Crippen LogP contribution >= 0.6 is 11.6 Å². The number of benzene rings is 1. The Morgan fingerprint density at radius 3 is 2.84 bits per heavy atom. The first-order valence-electron chi connectivity index (χ1n) is 12.1. The Labute approximate surface area is 215 Å². The van der Waals surface area contributed by atoms with Crippen LogP contribution in [0.3, 0.4) is 0 Å². The Bertz CT molecular complexity index is 1490. The highest BCUT2D eigenvalue weighted by atomic mass is 35.5. The second-order valence-electron chi connectivity index (χ2n) is 9.43. The summed E-state index contributed by atoms with van der Waals surface area (Å²) in [6.07, 6.45) is 2.31. The van der Waals surface area contributed by atoms with Crippen molar-refractivity contribution in [3.8, 4) is 23.0 Å². The van der Waals surface area contributed by atoms with Gasteiger partial charge in [-0.05, 0) is 42.2 Å². The van der Waals surface area contributed by atoms with Gasteiger partial charge in [-0.15, -0.1) is 0 Å². The summed E-state index contributed by atoms with van der Waals surface area (Å²) in [5, 5.41) is 10.2. The summed E-state index contributed by atoms with van der Waals surface area (Å²) >= 11 is 6.48. The van der Waals surface area contributed by atoms with Crippen molar-refractivity contribution >= 4 is 22.8 Å². The molecule has 3 aliphatic rings. The number of H-pyrrole nitrogens is 1. The number of fused-ring (bicyclic) bond motifs is 3. The molecule has 2 aliphatic heterocycles. The number of aromatic nitrogens is 4. The van der Waals surface area contributed by atoms with E-state index >= 15 is 4.39 Å². The molecule has 0 amide bonds. The quantitative estimate of drug-likeness (QED) is 0.406. The van der Waals surface area contributed by atoms with E-state index in [2.05, 4.69) is 19.9 Å². The maximum absolute atomic E-state index is 15.2. The van der Waals surface area contributed by atoms with Gasteiger partial charge >= 0.3 is 0 Å². The maximum atomic E-state index is 15.2. The summed E-state index contributed by atoms with van der Waals surface area (Å²) in [4.78, 5) is 16.1. The molecule has 1 unspecified atom stereocenters. The summed E-state index contributed by atoms with van der Waals surface area (Å²) in [7, 11) is 0. The van der Waals surface area contributed by atoms with Gasteiger partial charge in [-0.2, -0.15) is 9.97 Å². The number of nitrogens with zero attached hydrogens (tertiary/aromatic N) is 3. The molecule has 2 fully saturated rings. The number of aliphatic hydroxyl groups is 1. The number of aliphatic hydroxyl groups excluding tert-OH is 1. The van der Waals surface area contributed by atoms with Crippen molar-refractivity contribution < 1.29 is 28.4 Å². The fourth-order valence-corrected chi connectivity index (χ4v) is 5.53. The standard InChI is InChI=1S/C26H22ClFN4O5/c27-15-8-17-24(32-26(30-17)37-20-11-35-22-18(33)10-34-23(20)22)31-25(15)36-19-4-3-12-6-14(7-16(28)21(12)19)13-2-1-5-29-9-13/h1-2,5-9,18-20,22-23,33H,3-4,10-11H2,(H,30,31,32)/t18-,19?,20-,22-,23-/m1/s1. The first-order valence-corrected chi connectivity index (χ1v) is 12.4. The van der Waals surface area contributed by atoms with Crippen LogP contribution in [-0.2, 0) is 15.9 Å². The van der Waals surface area contributed by atoms with Crippen LogP contribution in [0.1, 0.15) is 23.7 Å². The lowest BCUT2D eigenvalue weighted by Crippen LogP contribution is -2.34. The third kappa shape index (κ3) is 4.00. The minimum Gasteiger partial charge on any atom is -0.468 e. The number of ether oxygens (including phenoxy) is 4. The van der Waals surface area contributed by atoms with Crippen molar-refractivity contribution in [2.75, 3.05) is 13.2 Å². The number of nitrogens with one attached hydrogen (secondary N) is 1. The number of pyridine rings is 2. The zero-order valence-corrected chi connectivity index (χ0v) is 20.2. The zero-order valence-electron chi connectivity index (χ0n) is 19.4. The second kappa shape index (κ2) is 8.91. The molecule has 3 aromatic heterocycles. The molecule has 190 valence electrons. The van der Waals surface area contributed by atoms with Gasteiger partial charge in [-0.3, -0.25) is 4.98 Å². The van der Waals surface area contributed by atoms with Crippen molar-refractivity contribution in [1.82, 2.24) is 19.9 Å². The van der Waals surface area contributed by atoms with Gasteiger partial charge < -0.3 is 29.0 Å². The summed E-state index contributed by atoms with van der Waals surface area (Å²) in [6, 6.07) is 9.11. The largest absolute Gasteiger partial charge is 0.468 e. The van der Waals surface area contributed by atoms with E-state index in [-0.39, 0.29) is 42.0 Å². The van der Waals surface area contributed by atoms with Gasteiger partial charge in [-0.1, -0.05) is 23.7 Å². The summed E-state index contributed by atoms with van der Waals surface area (Å²) in [6.45, 7) is 0.490. The van der Waals surface area contributed by atoms with E-state index in [0.29, 0.717) is 29.6 Å². The van der Waals surface area contributed by atoms with Crippen molar-refractivity contribution in [3.63, 3.8) is 0 Å². The normalized spacial score (nSPS) is 26.4. The van der Waals surface area contributed by atoms with Crippen LogP contribution in [0, 0.1) is 5.82 Å². The lowest BCUT2D eigenvalue weighted by atomic mass is 10.0. The van der Waals surface area contributed by atoms with Crippen LogP contribution in [0.2, 0.25) is 5.02 Å². The van der Waals surface area contributed by atoms with Gasteiger partial charge in [0.05, 0.1) is 18.7 Å². The van der Waals surface area contributed by atoms with Gasteiger partial charge in [0.1, 0.15) is 35.3 Å². The maximum Gasteiger partial charge on any atom is 0.296 e. The Balaban J connectivity index is 1.12. The number of aromatic amines is 1. The van der Waals surface area contributed by atoms with E-state index in [0.717, 1.165) is 16.7 Å². The highest BCUT2D eigenvalue weighted by molar-refractivity contribution is 6.32. The molecule has 0 saturated carbocycles. The predicted octanol–water partition coefficient (Wildman–Crippen LogP) is 3.78. The van der Waals surface area contributed by atoms with Crippen LogP contribution < -0.4 is 9.47 Å². The molecule has 5 heterocycles. The van der Waals surface area contributed by atoms with Crippen molar-refractivity contribution in [1.29, 1.82) is 0 Å². The molecule has 37 heavy (non-hydrogen) atoms. The molecule has 0 spiro atoms. The molecule has 0 bridgehead atoms. The lowest BCUT2D eigenvalue weighted by Gasteiger charge is -2.16. The molecule has 2 N–H and O–H groups in total. The molecule has 2 saturated heterocycles. The first kappa shape index (κ1) is 22.9. The monoisotopic (exact) mass is 524 g/mol. The van der Waals surface area contributed by atoms with Crippen LogP contribution in [0.15, 0.2) is 42.7 Å². The minimum atomic E-state index is -0.665. The van der Waals surface area contributed by atoms with Crippen molar-refractivity contribution in [2.45, 2.75) is 43.4 Å². The molecular weight excluding hydrogens is 503 g/mol.